The average Bonchev–Trinajstić information content (AvgIpc) is 3.14. The highest BCUT2D eigenvalue weighted by molar-refractivity contribution is 7.89. The van der Waals surface area contributed by atoms with Crippen LogP contribution in [-0.2, 0) is 21.4 Å². The topological polar surface area (TPSA) is 127 Å². The number of rotatable bonds is 9. The number of alkyl halides is 3. The molecule has 0 radical (unpaired) electrons. The van der Waals surface area contributed by atoms with Gasteiger partial charge >= 0.3 is 12.3 Å². The summed E-state index contributed by atoms with van der Waals surface area (Å²) in [7, 11) is -4.38. The molecule has 1 heterocycles. The Morgan fingerprint density at radius 1 is 1.07 bits per heavy atom. The van der Waals surface area contributed by atoms with Crippen LogP contribution >= 0.6 is 0 Å². The van der Waals surface area contributed by atoms with E-state index in [1.807, 2.05) is 4.57 Å². The molecule has 1 aromatic heterocycles. The number of nitrogens with one attached hydrogen (secondary N) is 2. The van der Waals surface area contributed by atoms with Crippen molar-refractivity contribution in [3.8, 4) is 17.0 Å². The van der Waals surface area contributed by atoms with Gasteiger partial charge in [0.15, 0.2) is 0 Å². The molecule has 1 aromatic carbocycles. The van der Waals surface area contributed by atoms with Crippen molar-refractivity contribution in [2.45, 2.75) is 102 Å². The highest BCUT2D eigenvalue weighted by atomic mass is 32.2. The molecule has 2 aliphatic carbocycles. The van der Waals surface area contributed by atoms with E-state index in [0.29, 0.717) is 42.3 Å². The smallest absolute Gasteiger partial charge is 0.481 e. The lowest BCUT2D eigenvalue weighted by molar-refractivity contribution is -0.275. The predicted molar refractivity (Wildman–Crippen MR) is 150 cm³/mol. The molecule has 0 saturated heterocycles. The van der Waals surface area contributed by atoms with Crippen molar-refractivity contribution in [2.75, 3.05) is 0 Å². The first kappa shape index (κ1) is 31.9. The Bertz CT molecular complexity index is 1430. The van der Waals surface area contributed by atoms with Crippen molar-refractivity contribution in [3.05, 3.63) is 35.5 Å². The van der Waals surface area contributed by atoms with Gasteiger partial charge in [-0.05, 0) is 77.5 Å². The fourth-order valence-electron chi connectivity index (χ4n) is 5.73. The Balaban J connectivity index is 1.75. The standard InChI is InChI=1S/C29H38F3N3O6S/c1-17-22(26(36)33-21-12-20(13-21)27(37)38)15-23(35(17)16-18-8-6-5-7-9-18)19-10-11-25(24(14-19)41-29(30,31)32)42(39,40)34-28(2,3)4/h10-11,14-15,18,20-21,34H,5-9,12-13,16H2,1-4H3,(H,33,36)(H,37,38). The van der Waals surface area contributed by atoms with Gasteiger partial charge in [0, 0.05) is 35.1 Å². The summed E-state index contributed by atoms with van der Waals surface area (Å²) in [4.78, 5) is 23.8. The number of aliphatic carboxylic acids is 1. The summed E-state index contributed by atoms with van der Waals surface area (Å²) in [6.45, 7) is 7.02. The Kier molecular flexibility index (Phi) is 9.03. The van der Waals surface area contributed by atoms with Gasteiger partial charge in [0.2, 0.25) is 10.0 Å². The van der Waals surface area contributed by atoms with Crippen LogP contribution in [0, 0.1) is 18.8 Å². The zero-order valence-electron chi connectivity index (χ0n) is 24.2. The van der Waals surface area contributed by atoms with Gasteiger partial charge in [0.25, 0.3) is 5.91 Å². The Morgan fingerprint density at radius 3 is 2.29 bits per heavy atom. The third-order valence-electron chi connectivity index (χ3n) is 7.79. The summed E-state index contributed by atoms with van der Waals surface area (Å²) in [5, 5.41) is 12.0. The van der Waals surface area contributed by atoms with Gasteiger partial charge in [-0.3, -0.25) is 9.59 Å². The molecule has 0 aliphatic heterocycles. The van der Waals surface area contributed by atoms with Crippen molar-refractivity contribution >= 4 is 21.9 Å². The number of amides is 1. The Labute approximate surface area is 243 Å². The van der Waals surface area contributed by atoms with E-state index in [9.17, 15) is 31.2 Å². The van der Waals surface area contributed by atoms with Gasteiger partial charge in [0.05, 0.1) is 11.5 Å². The molecule has 232 valence electrons. The number of aromatic nitrogens is 1. The largest absolute Gasteiger partial charge is 0.573 e. The molecule has 9 nitrogen and oxygen atoms in total. The number of benzene rings is 1. The molecule has 2 fully saturated rings. The number of carbonyl (C=O) groups excluding carboxylic acids is 1. The van der Waals surface area contributed by atoms with Gasteiger partial charge < -0.3 is 19.7 Å². The van der Waals surface area contributed by atoms with E-state index < -0.39 is 50.4 Å². The van der Waals surface area contributed by atoms with Crippen molar-refractivity contribution in [1.29, 1.82) is 0 Å². The van der Waals surface area contributed by atoms with Gasteiger partial charge in [-0.1, -0.05) is 25.3 Å². The molecule has 2 aliphatic rings. The second-order valence-corrected chi connectivity index (χ2v) is 14.0. The summed E-state index contributed by atoms with van der Waals surface area (Å²) in [5.74, 6) is -2.37. The summed E-state index contributed by atoms with van der Waals surface area (Å²) in [6, 6.07) is 4.85. The number of hydrogen-bond acceptors (Lipinski definition) is 5. The lowest BCUT2D eigenvalue weighted by Crippen LogP contribution is -2.46. The van der Waals surface area contributed by atoms with Gasteiger partial charge in [0.1, 0.15) is 10.6 Å². The molecule has 13 heteroatoms. The quantitative estimate of drug-likeness (QED) is 0.337. The minimum Gasteiger partial charge on any atom is -0.481 e. The van der Waals surface area contributed by atoms with Gasteiger partial charge in [-0.25, -0.2) is 13.1 Å². The predicted octanol–water partition coefficient (Wildman–Crippen LogP) is 5.61. The Hall–Kier alpha value is -3.06. The maximum atomic E-state index is 13.4. The molecule has 0 spiro atoms. The first-order valence-corrected chi connectivity index (χ1v) is 15.6. The van der Waals surface area contributed by atoms with E-state index in [0.717, 1.165) is 44.2 Å². The van der Waals surface area contributed by atoms with Crippen molar-refractivity contribution < 1.29 is 41.0 Å². The second kappa shape index (κ2) is 11.9. The molecule has 4 rings (SSSR count). The number of nitrogens with zero attached hydrogens (tertiary/aromatic N) is 1. The molecule has 0 atom stereocenters. The minimum absolute atomic E-state index is 0.261. The molecule has 1 amide bonds. The van der Waals surface area contributed by atoms with E-state index >= 15 is 0 Å². The monoisotopic (exact) mass is 613 g/mol. The van der Waals surface area contributed by atoms with Crippen molar-refractivity contribution in [2.24, 2.45) is 11.8 Å². The molecule has 3 N–H and O–H groups in total. The van der Waals surface area contributed by atoms with Crippen LogP contribution < -0.4 is 14.8 Å². The van der Waals surface area contributed by atoms with Crippen molar-refractivity contribution in [1.82, 2.24) is 14.6 Å². The summed E-state index contributed by atoms with van der Waals surface area (Å²) in [6.07, 6.45) is 0.737. The van der Waals surface area contributed by atoms with Gasteiger partial charge in [-0.2, -0.15) is 0 Å². The second-order valence-electron chi connectivity index (χ2n) is 12.4. The molecular formula is C29H38F3N3O6S. The zero-order valence-corrected chi connectivity index (χ0v) is 25.0. The zero-order chi connectivity index (χ0) is 31.0. The van der Waals surface area contributed by atoms with Crippen LogP contribution in [0.1, 0.15) is 81.8 Å². The summed E-state index contributed by atoms with van der Waals surface area (Å²) < 4.78 is 74.9. The first-order valence-electron chi connectivity index (χ1n) is 14.1. The van der Waals surface area contributed by atoms with Crippen LogP contribution in [0.2, 0.25) is 0 Å². The van der Waals surface area contributed by atoms with Crippen molar-refractivity contribution in [3.63, 3.8) is 0 Å². The number of carbonyl (C=O) groups is 2. The van der Waals surface area contributed by atoms with Crippen LogP contribution in [0.4, 0.5) is 13.2 Å². The lowest BCUT2D eigenvalue weighted by atomic mass is 9.80. The van der Waals surface area contributed by atoms with E-state index in [1.165, 1.54) is 6.07 Å². The SMILES string of the molecule is Cc1c(C(=O)NC2CC(C(=O)O)C2)cc(-c2ccc(S(=O)(=O)NC(C)(C)C)c(OC(F)(F)F)c2)n1CC1CCCCC1. The highest BCUT2D eigenvalue weighted by Gasteiger charge is 2.37. The van der Waals surface area contributed by atoms with Crippen LogP contribution in [0.25, 0.3) is 11.3 Å². The average molecular weight is 614 g/mol. The number of carboxylic acid groups (broad SMARTS) is 1. The van der Waals surface area contributed by atoms with E-state index in [4.69, 9.17) is 5.11 Å². The van der Waals surface area contributed by atoms with E-state index in [2.05, 4.69) is 14.8 Å². The lowest BCUT2D eigenvalue weighted by Gasteiger charge is -2.32. The molecule has 42 heavy (non-hydrogen) atoms. The number of halogens is 3. The third kappa shape index (κ3) is 7.66. The first-order chi connectivity index (χ1) is 19.4. The fourth-order valence-corrected chi connectivity index (χ4v) is 7.26. The summed E-state index contributed by atoms with van der Waals surface area (Å²) >= 11 is 0. The highest BCUT2D eigenvalue weighted by Crippen LogP contribution is 2.37. The van der Waals surface area contributed by atoms with E-state index in [1.54, 1.807) is 33.8 Å². The molecule has 2 saturated carbocycles. The molecular weight excluding hydrogens is 575 g/mol. The third-order valence-corrected chi connectivity index (χ3v) is 9.59. The van der Waals surface area contributed by atoms with Crippen LogP contribution in [0.5, 0.6) is 5.75 Å². The van der Waals surface area contributed by atoms with Crippen LogP contribution in [0.3, 0.4) is 0 Å². The van der Waals surface area contributed by atoms with E-state index in [-0.39, 0.29) is 11.6 Å². The summed E-state index contributed by atoms with van der Waals surface area (Å²) in [5.41, 5.74) is 0.707. The molecule has 0 bridgehead atoms. The molecule has 2 aromatic rings. The number of sulfonamides is 1. The van der Waals surface area contributed by atoms with Crippen LogP contribution in [-0.4, -0.2) is 47.9 Å². The van der Waals surface area contributed by atoms with Gasteiger partial charge in [-0.15, -0.1) is 13.2 Å². The number of hydrogen-bond donors (Lipinski definition) is 3. The molecule has 0 unspecified atom stereocenters. The number of carboxylic acids is 1. The maximum Gasteiger partial charge on any atom is 0.573 e. The Morgan fingerprint density at radius 2 is 1.71 bits per heavy atom. The fraction of sp³-hybridized carbons (Fsp3) is 0.586. The van der Waals surface area contributed by atoms with Crippen LogP contribution in [0.15, 0.2) is 29.2 Å². The number of ether oxygens (including phenoxy) is 1. The minimum atomic E-state index is -5.15. The normalized spacial score (nSPS) is 20.2. The maximum absolute atomic E-state index is 13.4.